The van der Waals surface area contributed by atoms with E-state index in [2.05, 4.69) is 4.90 Å². The highest BCUT2D eigenvalue weighted by atomic mass is 35.5. The van der Waals surface area contributed by atoms with E-state index in [9.17, 15) is 14.0 Å². The van der Waals surface area contributed by atoms with Gasteiger partial charge in [-0.1, -0.05) is 23.7 Å². The Kier molecular flexibility index (Phi) is 7.83. The number of benzene rings is 2. The zero-order valence-electron chi connectivity index (χ0n) is 18.6. The number of nitrogens with zero attached hydrogens (tertiary/aromatic N) is 3. The van der Waals surface area contributed by atoms with Crippen LogP contribution in [0.2, 0.25) is 5.02 Å². The average molecular weight is 474 g/mol. The van der Waals surface area contributed by atoms with Crippen molar-refractivity contribution < 1.29 is 18.7 Å². The molecule has 0 bridgehead atoms. The number of hydrogen-bond donors (Lipinski definition) is 0. The van der Waals surface area contributed by atoms with Crippen molar-refractivity contribution in [2.24, 2.45) is 5.92 Å². The topological polar surface area (TPSA) is 53.1 Å². The van der Waals surface area contributed by atoms with Crippen LogP contribution in [0.3, 0.4) is 0 Å². The monoisotopic (exact) mass is 473 g/mol. The summed E-state index contributed by atoms with van der Waals surface area (Å²) in [4.78, 5) is 31.6. The fraction of sp³-hybridized carbons (Fsp3) is 0.440. The lowest BCUT2D eigenvalue weighted by Crippen LogP contribution is -2.52. The highest BCUT2D eigenvalue weighted by molar-refractivity contribution is 6.32. The predicted molar refractivity (Wildman–Crippen MR) is 125 cm³/mol. The van der Waals surface area contributed by atoms with Crippen LogP contribution in [0.1, 0.15) is 23.2 Å². The summed E-state index contributed by atoms with van der Waals surface area (Å²) in [5.41, 5.74) is 0.482. The molecule has 4 rings (SSSR count). The molecule has 0 aromatic heterocycles. The van der Waals surface area contributed by atoms with E-state index >= 15 is 0 Å². The number of para-hydroxylation sites is 1. The molecule has 6 nitrogen and oxygen atoms in total. The third-order valence-corrected chi connectivity index (χ3v) is 6.72. The number of piperidine rings is 1. The molecule has 0 N–H and O–H groups in total. The van der Waals surface area contributed by atoms with Gasteiger partial charge in [-0.3, -0.25) is 14.5 Å². The molecule has 0 saturated carbocycles. The average Bonchev–Trinajstić information content (AvgIpc) is 2.85. The first-order valence-electron chi connectivity index (χ1n) is 11.4. The molecular weight excluding hydrogens is 445 g/mol. The van der Waals surface area contributed by atoms with Gasteiger partial charge in [-0.05, 0) is 49.2 Å². The number of piperazine rings is 1. The van der Waals surface area contributed by atoms with Crippen LogP contribution >= 0.6 is 11.6 Å². The van der Waals surface area contributed by atoms with E-state index in [1.165, 1.54) is 24.3 Å². The van der Waals surface area contributed by atoms with Gasteiger partial charge in [0.1, 0.15) is 18.2 Å². The van der Waals surface area contributed by atoms with Gasteiger partial charge >= 0.3 is 0 Å². The number of carbonyl (C=O) groups excluding carboxylic acids is 2. The summed E-state index contributed by atoms with van der Waals surface area (Å²) >= 11 is 6.12. The van der Waals surface area contributed by atoms with Crippen molar-refractivity contribution in [1.29, 1.82) is 0 Å². The maximum atomic E-state index is 13.1. The van der Waals surface area contributed by atoms with Crippen LogP contribution in [0.5, 0.6) is 5.75 Å². The Hall–Kier alpha value is -2.64. The van der Waals surface area contributed by atoms with Crippen molar-refractivity contribution >= 4 is 23.4 Å². The number of likely N-dealkylation sites (tertiary alicyclic amines) is 1. The van der Waals surface area contributed by atoms with Gasteiger partial charge in [0.05, 0.1) is 5.02 Å². The highest BCUT2D eigenvalue weighted by Gasteiger charge is 2.32. The van der Waals surface area contributed by atoms with Crippen molar-refractivity contribution in [3.63, 3.8) is 0 Å². The Morgan fingerprint density at radius 2 is 1.58 bits per heavy atom. The third-order valence-electron chi connectivity index (χ3n) is 6.41. The molecule has 0 radical (unpaired) electrons. The summed E-state index contributed by atoms with van der Waals surface area (Å²) in [6, 6.07) is 13.1. The summed E-state index contributed by atoms with van der Waals surface area (Å²) in [7, 11) is 0. The number of halogens is 2. The molecule has 2 aromatic carbocycles. The van der Waals surface area contributed by atoms with Gasteiger partial charge in [-0.15, -0.1) is 0 Å². The summed E-state index contributed by atoms with van der Waals surface area (Å²) in [5.74, 6) is 0.378. The summed E-state index contributed by atoms with van der Waals surface area (Å²) < 4.78 is 18.9. The molecule has 0 spiro atoms. The van der Waals surface area contributed by atoms with Crippen molar-refractivity contribution in [3.8, 4) is 5.75 Å². The van der Waals surface area contributed by atoms with Crippen LogP contribution in [0, 0.1) is 11.7 Å². The lowest BCUT2D eigenvalue weighted by Gasteiger charge is -2.38. The molecule has 2 aromatic rings. The normalized spacial score (nSPS) is 17.8. The second kappa shape index (κ2) is 11.0. The Labute approximate surface area is 198 Å². The molecule has 0 aliphatic carbocycles. The SMILES string of the molecule is O=C(c1ccc(F)cc1)N1CCC(C(=O)N2CCN(CCOc3ccccc3Cl)CC2)CC1. The molecule has 176 valence electrons. The van der Waals surface area contributed by atoms with Gasteiger partial charge in [0.2, 0.25) is 5.91 Å². The molecule has 2 aliphatic heterocycles. The van der Waals surface area contributed by atoms with Crippen molar-refractivity contribution in [2.75, 3.05) is 52.4 Å². The first-order chi connectivity index (χ1) is 16.0. The van der Waals surface area contributed by atoms with Crippen molar-refractivity contribution in [2.45, 2.75) is 12.8 Å². The molecule has 8 heteroatoms. The van der Waals surface area contributed by atoms with E-state index in [4.69, 9.17) is 16.3 Å². The van der Waals surface area contributed by atoms with Crippen LogP contribution in [0.4, 0.5) is 4.39 Å². The van der Waals surface area contributed by atoms with Gasteiger partial charge in [0.25, 0.3) is 5.91 Å². The maximum absolute atomic E-state index is 13.1. The fourth-order valence-electron chi connectivity index (χ4n) is 4.40. The van der Waals surface area contributed by atoms with Gasteiger partial charge in [-0.2, -0.15) is 0 Å². The van der Waals surface area contributed by atoms with Gasteiger partial charge in [-0.25, -0.2) is 4.39 Å². The number of ether oxygens (including phenoxy) is 1. The van der Waals surface area contributed by atoms with E-state index in [0.717, 1.165) is 19.6 Å². The van der Waals surface area contributed by atoms with E-state index in [-0.39, 0.29) is 23.5 Å². The minimum atomic E-state index is -0.357. The van der Waals surface area contributed by atoms with Crippen molar-refractivity contribution in [3.05, 3.63) is 64.9 Å². The van der Waals surface area contributed by atoms with Gasteiger partial charge < -0.3 is 14.5 Å². The Bertz CT molecular complexity index is 956. The predicted octanol–water partition coefficient (Wildman–Crippen LogP) is 3.55. The molecule has 2 fully saturated rings. The van der Waals surface area contributed by atoms with E-state index in [1.54, 1.807) is 4.90 Å². The second-order valence-corrected chi connectivity index (χ2v) is 8.93. The van der Waals surface area contributed by atoms with Crippen LogP contribution < -0.4 is 4.74 Å². The zero-order chi connectivity index (χ0) is 23.2. The first kappa shape index (κ1) is 23.5. The highest BCUT2D eigenvalue weighted by Crippen LogP contribution is 2.24. The van der Waals surface area contributed by atoms with E-state index in [0.29, 0.717) is 62.0 Å². The second-order valence-electron chi connectivity index (χ2n) is 8.52. The Balaban J connectivity index is 1.17. The molecule has 2 amide bonds. The van der Waals surface area contributed by atoms with Crippen LogP contribution in [-0.4, -0.2) is 78.9 Å². The molecular formula is C25H29ClFN3O3. The maximum Gasteiger partial charge on any atom is 0.253 e. The number of hydrogen-bond acceptors (Lipinski definition) is 4. The number of rotatable bonds is 6. The van der Waals surface area contributed by atoms with Gasteiger partial charge in [0, 0.05) is 57.3 Å². The van der Waals surface area contributed by atoms with Gasteiger partial charge in [0.15, 0.2) is 0 Å². The largest absolute Gasteiger partial charge is 0.491 e. The lowest BCUT2D eigenvalue weighted by molar-refractivity contribution is -0.138. The van der Waals surface area contributed by atoms with Crippen molar-refractivity contribution in [1.82, 2.24) is 14.7 Å². The standard InChI is InChI=1S/C25H29ClFN3O3/c26-22-3-1-2-4-23(22)33-18-17-28-13-15-30(16-14-28)25(32)20-9-11-29(12-10-20)24(31)19-5-7-21(27)8-6-19/h1-8,20H,9-18H2. The molecule has 2 saturated heterocycles. The fourth-order valence-corrected chi connectivity index (χ4v) is 4.59. The smallest absolute Gasteiger partial charge is 0.253 e. The van der Waals surface area contributed by atoms with Crippen LogP contribution in [0.15, 0.2) is 48.5 Å². The Morgan fingerprint density at radius 3 is 2.24 bits per heavy atom. The quantitative estimate of drug-likeness (QED) is 0.644. The summed E-state index contributed by atoms with van der Waals surface area (Å²) in [6.07, 6.45) is 1.33. The molecule has 0 atom stereocenters. The molecule has 33 heavy (non-hydrogen) atoms. The zero-order valence-corrected chi connectivity index (χ0v) is 19.3. The van der Waals surface area contributed by atoms with Crippen LogP contribution in [-0.2, 0) is 4.79 Å². The lowest BCUT2D eigenvalue weighted by atomic mass is 9.94. The minimum absolute atomic E-state index is 0.0441. The summed E-state index contributed by atoms with van der Waals surface area (Å²) in [6.45, 7) is 5.49. The summed E-state index contributed by atoms with van der Waals surface area (Å²) in [5, 5.41) is 0.610. The third kappa shape index (κ3) is 6.03. The Morgan fingerprint density at radius 1 is 0.909 bits per heavy atom. The molecule has 2 aliphatic rings. The molecule has 0 unspecified atom stereocenters. The minimum Gasteiger partial charge on any atom is -0.491 e. The van der Waals surface area contributed by atoms with Crippen LogP contribution in [0.25, 0.3) is 0 Å². The number of amides is 2. The first-order valence-corrected chi connectivity index (χ1v) is 11.8. The molecule has 2 heterocycles. The van der Waals surface area contributed by atoms with E-state index < -0.39 is 0 Å². The number of carbonyl (C=O) groups is 2. The van der Waals surface area contributed by atoms with E-state index in [1.807, 2.05) is 29.2 Å².